The number of fused-ring (bicyclic) bond motifs is 4. The highest BCUT2D eigenvalue weighted by molar-refractivity contribution is 7.89. The van der Waals surface area contributed by atoms with Crippen molar-refractivity contribution in [3.8, 4) is 0 Å². The Morgan fingerprint density at radius 2 is 1.75 bits per heavy atom. The van der Waals surface area contributed by atoms with Crippen molar-refractivity contribution in [2.75, 3.05) is 6.54 Å². The molecule has 3 amide bonds. The molecule has 3 aromatic rings. The molecular formula is C25H25N3O7S. The summed E-state index contributed by atoms with van der Waals surface area (Å²) in [5.74, 6) is -0.942. The topological polar surface area (TPSA) is 146 Å². The first-order valence-electron chi connectivity index (χ1n) is 11.8. The van der Waals surface area contributed by atoms with Crippen molar-refractivity contribution in [3.05, 3.63) is 64.9 Å². The number of sulfonamides is 1. The third-order valence-corrected chi connectivity index (χ3v) is 8.19. The number of amides is 3. The quantitative estimate of drug-likeness (QED) is 0.239. The summed E-state index contributed by atoms with van der Waals surface area (Å²) in [5.41, 5.74) is 3.68. The minimum Gasteiger partial charge on any atom is -0.461 e. The summed E-state index contributed by atoms with van der Waals surface area (Å²) in [6.45, 7) is -0.00675. The summed E-state index contributed by atoms with van der Waals surface area (Å²) in [7, 11) is -4.15. The third-order valence-electron chi connectivity index (χ3n) is 6.72. The van der Waals surface area contributed by atoms with Gasteiger partial charge in [-0.2, -0.15) is 4.72 Å². The van der Waals surface area contributed by atoms with Crippen LogP contribution in [0.5, 0.6) is 0 Å². The molecular weight excluding hydrogens is 486 g/mol. The summed E-state index contributed by atoms with van der Waals surface area (Å²) in [4.78, 5) is 38.3. The Balaban J connectivity index is 1.29. The SMILES string of the molecule is O=C(NO)C(CCCN1C(=O)c2ccccc2C1=O)NS(=O)(=O)c1ccc2c3c(oc2c1)CCCC3. The van der Waals surface area contributed by atoms with Gasteiger partial charge >= 0.3 is 0 Å². The third kappa shape index (κ3) is 4.29. The van der Waals surface area contributed by atoms with Gasteiger partial charge in [-0.25, -0.2) is 13.9 Å². The molecule has 5 rings (SSSR count). The molecule has 10 nitrogen and oxygen atoms in total. The first-order valence-corrected chi connectivity index (χ1v) is 13.2. The van der Waals surface area contributed by atoms with E-state index in [0.29, 0.717) is 16.7 Å². The maximum Gasteiger partial charge on any atom is 0.261 e. The van der Waals surface area contributed by atoms with E-state index in [-0.39, 0.29) is 24.3 Å². The minimum absolute atomic E-state index is 0.00675. The maximum absolute atomic E-state index is 13.1. The van der Waals surface area contributed by atoms with Crippen LogP contribution in [0.3, 0.4) is 0 Å². The van der Waals surface area contributed by atoms with Crippen molar-refractivity contribution < 1.29 is 32.4 Å². The van der Waals surface area contributed by atoms with Gasteiger partial charge in [-0.1, -0.05) is 12.1 Å². The van der Waals surface area contributed by atoms with E-state index < -0.39 is 33.8 Å². The lowest BCUT2D eigenvalue weighted by Crippen LogP contribution is -2.46. The van der Waals surface area contributed by atoms with E-state index >= 15 is 0 Å². The molecule has 0 spiro atoms. The van der Waals surface area contributed by atoms with Crippen LogP contribution in [0.15, 0.2) is 51.8 Å². The lowest BCUT2D eigenvalue weighted by Gasteiger charge is -2.19. The van der Waals surface area contributed by atoms with E-state index in [4.69, 9.17) is 9.62 Å². The van der Waals surface area contributed by atoms with Crippen molar-refractivity contribution in [3.63, 3.8) is 0 Å². The molecule has 188 valence electrons. The zero-order valence-electron chi connectivity index (χ0n) is 19.3. The second-order valence-electron chi connectivity index (χ2n) is 8.97. The number of hydrogen-bond acceptors (Lipinski definition) is 7. The molecule has 3 N–H and O–H groups in total. The Labute approximate surface area is 207 Å². The fourth-order valence-electron chi connectivity index (χ4n) is 4.88. The monoisotopic (exact) mass is 511 g/mol. The van der Waals surface area contributed by atoms with Crippen LogP contribution in [0, 0.1) is 0 Å². The van der Waals surface area contributed by atoms with Gasteiger partial charge < -0.3 is 4.42 Å². The number of hydrogen-bond donors (Lipinski definition) is 3. The van der Waals surface area contributed by atoms with Gasteiger partial charge in [0, 0.05) is 30.0 Å². The number of carbonyl (C=O) groups excluding carboxylic acids is 3. The lowest BCUT2D eigenvalue weighted by atomic mass is 9.96. The number of benzene rings is 2. The molecule has 1 aliphatic heterocycles. The first-order chi connectivity index (χ1) is 17.3. The predicted octanol–water partition coefficient (Wildman–Crippen LogP) is 2.54. The van der Waals surface area contributed by atoms with E-state index in [1.54, 1.807) is 30.3 Å². The second kappa shape index (κ2) is 9.49. The second-order valence-corrected chi connectivity index (χ2v) is 10.7. The maximum atomic E-state index is 13.1. The van der Waals surface area contributed by atoms with Crippen molar-refractivity contribution in [2.45, 2.75) is 49.5 Å². The molecule has 0 fully saturated rings. The van der Waals surface area contributed by atoms with Gasteiger partial charge in [0.1, 0.15) is 17.4 Å². The van der Waals surface area contributed by atoms with E-state index in [9.17, 15) is 22.8 Å². The van der Waals surface area contributed by atoms with Crippen LogP contribution in [0.2, 0.25) is 0 Å². The van der Waals surface area contributed by atoms with E-state index in [1.165, 1.54) is 17.6 Å². The van der Waals surface area contributed by atoms with Gasteiger partial charge in [0.25, 0.3) is 17.7 Å². The fraction of sp³-hybridized carbons (Fsp3) is 0.320. The standard InChI is InChI=1S/C25H25N3O7S/c29-23(26-32)20(9-5-13-28-24(30)18-7-1-2-8-19(18)25(28)31)27-36(33,34)15-11-12-17-16-6-3-4-10-21(16)35-22(17)14-15/h1-2,7-8,11-12,14,20,27,32H,3-6,9-10,13H2,(H,26,29). The molecule has 0 bridgehead atoms. The van der Waals surface area contributed by atoms with E-state index in [2.05, 4.69) is 4.72 Å². The van der Waals surface area contributed by atoms with Crippen LogP contribution in [0.25, 0.3) is 11.0 Å². The molecule has 1 aliphatic carbocycles. The summed E-state index contributed by atoms with van der Waals surface area (Å²) >= 11 is 0. The molecule has 0 saturated heterocycles. The van der Waals surface area contributed by atoms with Crippen LogP contribution in [0.4, 0.5) is 0 Å². The average Bonchev–Trinajstić information content (AvgIpc) is 3.37. The van der Waals surface area contributed by atoms with Crippen molar-refractivity contribution in [1.82, 2.24) is 15.1 Å². The van der Waals surface area contributed by atoms with Crippen LogP contribution in [-0.4, -0.2) is 48.8 Å². The Bertz CT molecular complexity index is 1440. The summed E-state index contributed by atoms with van der Waals surface area (Å²) in [5, 5.41) is 10.0. The number of carbonyl (C=O) groups is 3. The van der Waals surface area contributed by atoms with Gasteiger partial charge in [-0.05, 0) is 56.4 Å². The molecule has 1 atom stereocenters. The first kappa shape index (κ1) is 24.2. The molecule has 2 heterocycles. The molecule has 0 saturated carbocycles. The normalized spacial score (nSPS) is 16.2. The predicted molar refractivity (Wildman–Crippen MR) is 128 cm³/mol. The fourth-order valence-corrected chi connectivity index (χ4v) is 6.13. The molecule has 2 aliphatic rings. The Hall–Kier alpha value is -3.54. The van der Waals surface area contributed by atoms with Gasteiger partial charge in [0.15, 0.2) is 0 Å². The Morgan fingerprint density at radius 1 is 1.06 bits per heavy atom. The summed E-state index contributed by atoms with van der Waals surface area (Å²) < 4.78 is 34.4. The number of aryl methyl sites for hydroxylation is 2. The van der Waals surface area contributed by atoms with Crippen LogP contribution < -0.4 is 10.2 Å². The molecule has 11 heteroatoms. The van der Waals surface area contributed by atoms with Crippen LogP contribution >= 0.6 is 0 Å². The van der Waals surface area contributed by atoms with Crippen LogP contribution in [-0.2, 0) is 27.7 Å². The Kier molecular flexibility index (Phi) is 6.37. The molecule has 0 radical (unpaired) electrons. The molecule has 2 aromatic carbocycles. The number of nitrogens with zero attached hydrogens (tertiary/aromatic N) is 1. The highest BCUT2D eigenvalue weighted by atomic mass is 32.2. The van der Waals surface area contributed by atoms with E-state index in [0.717, 1.165) is 47.3 Å². The smallest absolute Gasteiger partial charge is 0.261 e. The molecule has 36 heavy (non-hydrogen) atoms. The summed E-state index contributed by atoms with van der Waals surface area (Å²) in [6.07, 6.45) is 3.86. The average molecular weight is 512 g/mol. The highest BCUT2D eigenvalue weighted by Gasteiger charge is 2.35. The molecule has 1 aromatic heterocycles. The van der Waals surface area contributed by atoms with Gasteiger partial charge in [-0.3, -0.25) is 24.5 Å². The minimum atomic E-state index is -4.15. The van der Waals surface area contributed by atoms with Crippen LogP contribution in [0.1, 0.15) is 57.7 Å². The van der Waals surface area contributed by atoms with Gasteiger partial charge in [-0.15, -0.1) is 0 Å². The zero-order valence-corrected chi connectivity index (χ0v) is 20.1. The van der Waals surface area contributed by atoms with Gasteiger partial charge in [0.05, 0.1) is 16.0 Å². The van der Waals surface area contributed by atoms with Crippen molar-refractivity contribution in [1.29, 1.82) is 0 Å². The van der Waals surface area contributed by atoms with Crippen molar-refractivity contribution in [2.24, 2.45) is 0 Å². The van der Waals surface area contributed by atoms with Crippen molar-refractivity contribution >= 4 is 38.7 Å². The van der Waals surface area contributed by atoms with Gasteiger partial charge in [0.2, 0.25) is 10.0 Å². The zero-order chi connectivity index (χ0) is 25.4. The largest absolute Gasteiger partial charge is 0.461 e. The Morgan fingerprint density at radius 3 is 2.44 bits per heavy atom. The number of nitrogens with one attached hydrogen (secondary N) is 2. The number of furan rings is 1. The highest BCUT2D eigenvalue weighted by Crippen LogP contribution is 2.33. The number of rotatable bonds is 8. The number of imide groups is 1. The van der Waals surface area contributed by atoms with E-state index in [1.807, 2.05) is 0 Å². The lowest BCUT2D eigenvalue weighted by molar-refractivity contribution is -0.131. The molecule has 1 unspecified atom stereocenters. The number of hydroxylamine groups is 1. The summed E-state index contributed by atoms with van der Waals surface area (Å²) in [6, 6.07) is 9.75.